The van der Waals surface area contributed by atoms with Crippen LogP contribution in [0.5, 0.6) is 0 Å². The molecule has 5 rings (SSSR count). The van der Waals surface area contributed by atoms with Crippen LogP contribution in [0, 0.1) is 0 Å². The standard InChI is InChI=1S/C25H20N2O2/c1-2-16-27-23-14-8-6-12-21(23)20-11-5-7-13-22(20)26-17-15-18-9-3-4-10-19(18)24(26)29-25(27)28/h2-15,17,24H,1,16H2/t24-/m0/s1. The van der Waals surface area contributed by atoms with Gasteiger partial charge in [-0.25, -0.2) is 4.79 Å². The molecule has 0 unspecified atom stereocenters. The summed E-state index contributed by atoms with van der Waals surface area (Å²) in [6.45, 7) is 4.19. The average Bonchev–Trinajstić information content (AvgIpc) is 2.81. The second-order valence-electron chi connectivity index (χ2n) is 7.02. The molecule has 1 atom stereocenters. The zero-order chi connectivity index (χ0) is 19.8. The van der Waals surface area contributed by atoms with Gasteiger partial charge in [-0.3, -0.25) is 4.90 Å². The van der Waals surface area contributed by atoms with Crippen LogP contribution in [0.1, 0.15) is 17.4 Å². The summed E-state index contributed by atoms with van der Waals surface area (Å²) in [6, 6.07) is 24.1. The smallest absolute Gasteiger partial charge is 0.416 e. The minimum atomic E-state index is -0.550. The van der Waals surface area contributed by atoms with Gasteiger partial charge in [0, 0.05) is 29.4 Å². The summed E-state index contributed by atoms with van der Waals surface area (Å²) < 4.78 is 6.09. The zero-order valence-electron chi connectivity index (χ0n) is 15.9. The third-order valence-corrected chi connectivity index (χ3v) is 5.34. The van der Waals surface area contributed by atoms with Crippen molar-refractivity contribution in [3.8, 4) is 11.1 Å². The Hall–Kier alpha value is -3.79. The Morgan fingerprint density at radius 1 is 0.897 bits per heavy atom. The normalized spacial score (nSPS) is 17.0. The molecule has 0 N–H and O–H groups in total. The summed E-state index contributed by atoms with van der Waals surface area (Å²) in [5, 5.41) is 0. The van der Waals surface area contributed by atoms with Gasteiger partial charge in [0.25, 0.3) is 0 Å². The number of rotatable bonds is 2. The van der Waals surface area contributed by atoms with Gasteiger partial charge in [-0.05, 0) is 23.8 Å². The topological polar surface area (TPSA) is 32.8 Å². The van der Waals surface area contributed by atoms with Gasteiger partial charge < -0.3 is 9.64 Å². The maximum absolute atomic E-state index is 13.3. The van der Waals surface area contributed by atoms with Crippen LogP contribution >= 0.6 is 0 Å². The molecule has 0 saturated heterocycles. The van der Waals surface area contributed by atoms with Crippen LogP contribution in [0.15, 0.2) is 91.7 Å². The lowest BCUT2D eigenvalue weighted by Gasteiger charge is -2.35. The van der Waals surface area contributed by atoms with Crippen molar-refractivity contribution >= 4 is 23.5 Å². The SMILES string of the molecule is C=CCN1C(=O)O[C@H]2c3ccccc3C=CN2c2ccccc2-c2ccccc21. The second kappa shape index (κ2) is 6.99. The van der Waals surface area contributed by atoms with Crippen molar-refractivity contribution in [2.24, 2.45) is 0 Å². The van der Waals surface area contributed by atoms with Crippen LogP contribution in [0.4, 0.5) is 16.2 Å². The first kappa shape index (κ1) is 17.3. The third-order valence-electron chi connectivity index (χ3n) is 5.34. The number of benzene rings is 3. The minimum Gasteiger partial charge on any atom is -0.420 e. The quantitative estimate of drug-likeness (QED) is 0.512. The Kier molecular flexibility index (Phi) is 4.17. The molecule has 142 valence electrons. The lowest BCUT2D eigenvalue weighted by atomic mass is 9.98. The van der Waals surface area contributed by atoms with E-state index in [4.69, 9.17) is 4.74 Å². The van der Waals surface area contributed by atoms with Crippen LogP contribution in [-0.2, 0) is 4.74 Å². The molecule has 1 amide bonds. The van der Waals surface area contributed by atoms with Gasteiger partial charge in [0.1, 0.15) is 0 Å². The van der Waals surface area contributed by atoms with E-state index in [1.54, 1.807) is 11.0 Å². The van der Waals surface area contributed by atoms with Gasteiger partial charge in [0.05, 0.1) is 11.4 Å². The molecule has 2 aliphatic rings. The van der Waals surface area contributed by atoms with E-state index in [9.17, 15) is 4.79 Å². The molecular formula is C25H20N2O2. The Bertz CT molecular complexity index is 1130. The lowest BCUT2D eigenvalue weighted by Crippen LogP contribution is -2.37. The molecule has 4 heteroatoms. The molecule has 3 aromatic rings. The van der Waals surface area contributed by atoms with E-state index in [1.807, 2.05) is 71.8 Å². The monoisotopic (exact) mass is 380 g/mol. The summed E-state index contributed by atoms with van der Waals surface area (Å²) in [6.07, 6.45) is 4.82. The number of amides is 1. The van der Waals surface area contributed by atoms with Gasteiger partial charge in [-0.1, -0.05) is 66.7 Å². The number of anilines is 2. The fourth-order valence-corrected chi connectivity index (χ4v) is 4.03. The zero-order valence-corrected chi connectivity index (χ0v) is 15.9. The molecule has 2 heterocycles. The summed E-state index contributed by atoms with van der Waals surface area (Å²) in [4.78, 5) is 17.0. The Morgan fingerprint density at radius 3 is 2.34 bits per heavy atom. The third kappa shape index (κ3) is 2.81. The Balaban J connectivity index is 1.78. The van der Waals surface area contributed by atoms with Crippen LogP contribution in [-0.4, -0.2) is 12.6 Å². The van der Waals surface area contributed by atoms with Crippen LogP contribution in [0.3, 0.4) is 0 Å². The maximum Gasteiger partial charge on any atom is 0.416 e. The van der Waals surface area contributed by atoms with Crippen LogP contribution in [0.25, 0.3) is 17.2 Å². The molecule has 0 radical (unpaired) electrons. The highest BCUT2D eigenvalue weighted by molar-refractivity contribution is 5.98. The predicted octanol–water partition coefficient (Wildman–Crippen LogP) is 5.99. The Morgan fingerprint density at radius 2 is 1.55 bits per heavy atom. The largest absolute Gasteiger partial charge is 0.420 e. The van der Waals surface area contributed by atoms with Crippen LogP contribution < -0.4 is 9.80 Å². The van der Waals surface area contributed by atoms with Crippen molar-refractivity contribution in [1.29, 1.82) is 0 Å². The van der Waals surface area contributed by atoms with Gasteiger partial charge in [0.15, 0.2) is 0 Å². The van der Waals surface area contributed by atoms with E-state index in [0.29, 0.717) is 6.54 Å². The highest BCUT2D eigenvalue weighted by Gasteiger charge is 2.33. The molecule has 0 saturated carbocycles. The van der Waals surface area contributed by atoms with Crippen molar-refractivity contribution in [2.45, 2.75) is 6.23 Å². The number of carbonyl (C=O) groups is 1. The number of hydrogen-bond donors (Lipinski definition) is 0. The van der Waals surface area contributed by atoms with Gasteiger partial charge >= 0.3 is 6.09 Å². The average molecular weight is 380 g/mol. The highest BCUT2D eigenvalue weighted by atomic mass is 16.6. The molecule has 2 aliphatic heterocycles. The van der Waals surface area contributed by atoms with Crippen molar-refractivity contribution in [3.05, 3.63) is 103 Å². The molecule has 0 bridgehead atoms. The van der Waals surface area contributed by atoms with Crippen molar-refractivity contribution in [1.82, 2.24) is 0 Å². The van der Waals surface area contributed by atoms with Crippen molar-refractivity contribution in [3.63, 3.8) is 0 Å². The summed E-state index contributed by atoms with van der Waals surface area (Å²) >= 11 is 0. The van der Waals surface area contributed by atoms with Crippen molar-refractivity contribution in [2.75, 3.05) is 16.3 Å². The first-order valence-electron chi connectivity index (χ1n) is 9.61. The molecule has 0 fully saturated rings. The lowest BCUT2D eigenvalue weighted by molar-refractivity contribution is 0.106. The number of para-hydroxylation sites is 2. The number of carbonyl (C=O) groups excluding carboxylic acids is 1. The summed E-state index contributed by atoms with van der Waals surface area (Å²) in [5.41, 5.74) is 5.83. The summed E-state index contributed by atoms with van der Waals surface area (Å²) in [7, 11) is 0. The Labute approximate surface area is 170 Å². The van der Waals surface area contributed by atoms with Crippen LogP contribution in [0.2, 0.25) is 0 Å². The van der Waals surface area contributed by atoms with E-state index in [0.717, 1.165) is 33.6 Å². The molecule has 4 nitrogen and oxygen atoms in total. The first-order valence-corrected chi connectivity index (χ1v) is 9.61. The predicted molar refractivity (Wildman–Crippen MR) is 117 cm³/mol. The van der Waals surface area contributed by atoms with Gasteiger partial charge in [-0.15, -0.1) is 6.58 Å². The number of hydrogen-bond acceptors (Lipinski definition) is 3. The number of fused-ring (bicyclic) bond motifs is 7. The molecule has 0 aliphatic carbocycles. The van der Waals surface area contributed by atoms with Crippen molar-refractivity contribution < 1.29 is 9.53 Å². The molecule has 29 heavy (non-hydrogen) atoms. The number of ether oxygens (including phenoxy) is 1. The fourth-order valence-electron chi connectivity index (χ4n) is 4.03. The van der Waals surface area contributed by atoms with E-state index in [2.05, 4.69) is 24.8 Å². The summed E-state index contributed by atoms with van der Waals surface area (Å²) in [5.74, 6) is 0. The molecule has 3 aromatic carbocycles. The van der Waals surface area contributed by atoms with E-state index >= 15 is 0 Å². The maximum atomic E-state index is 13.3. The number of nitrogens with zero attached hydrogens (tertiary/aromatic N) is 2. The van der Waals surface area contributed by atoms with Gasteiger partial charge in [0.2, 0.25) is 6.23 Å². The minimum absolute atomic E-state index is 0.363. The fraction of sp³-hybridized carbons (Fsp3) is 0.0800. The molecule has 0 spiro atoms. The molecular weight excluding hydrogens is 360 g/mol. The second-order valence-corrected chi connectivity index (χ2v) is 7.02. The van der Waals surface area contributed by atoms with E-state index in [1.165, 1.54) is 0 Å². The first-order chi connectivity index (χ1) is 14.3. The van der Waals surface area contributed by atoms with Gasteiger partial charge in [-0.2, -0.15) is 0 Å². The van der Waals surface area contributed by atoms with E-state index in [-0.39, 0.29) is 0 Å². The highest BCUT2D eigenvalue weighted by Crippen LogP contribution is 2.44. The molecule has 0 aromatic heterocycles. The van der Waals surface area contributed by atoms with E-state index < -0.39 is 12.3 Å².